The fourth-order valence-electron chi connectivity index (χ4n) is 6.58. The Morgan fingerprint density at radius 1 is 1.09 bits per heavy atom. The summed E-state index contributed by atoms with van der Waals surface area (Å²) in [5, 5.41) is 3.88. The van der Waals surface area contributed by atoms with Gasteiger partial charge in [0.1, 0.15) is 17.1 Å². The lowest BCUT2D eigenvalue weighted by Gasteiger charge is -2.24. The molecule has 10 heteroatoms. The van der Waals surface area contributed by atoms with Crippen LogP contribution in [-0.4, -0.2) is 42.4 Å². The van der Waals surface area contributed by atoms with Gasteiger partial charge in [0.2, 0.25) is 0 Å². The molecule has 3 atom stereocenters. The maximum Gasteiger partial charge on any atom is 0.263 e. The third-order valence-electron chi connectivity index (χ3n) is 9.15. The summed E-state index contributed by atoms with van der Waals surface area (Å²) in [6, 6.07) is 12.9. The molecule has 1 amide bonds. The number of aliphatic imine (C=N–C) groups is 1. The minimum atomic E-state index is -3.99. The summed E-state index contributed by atoms with van der Waals surface area (Å²) < 4.78 is 40.8. The quantitative estimate of drug-likeness (QED) is 0.256. The molecule has 2 unspecified atom stereocenters. The Hall–Kier alpha value is -3.50. The van der Waals surface area contributed by atoms with Crippen LogP contribution < -0.4 is 4.72 Å². The van der Waals surface area contributed by atoms with Crippen LogP contribution in [0.1, 0.15) is 74.8 Å². The highest BCUT2D eigenvalue weighted by molar-refractivity contribution is 7.92. The van der Waals surface area contributed by atoms with Gasteiger partial charge in [0.15, 0.2) is 5.82 Å². The number of aromatic nitrogens is 1. The number of amidine groups is 1. The molecule has 3 aromatic rings. The highest BCUT2D eigenvalue weighted by Gasteiger charge is 2.61. The molecule has 43 heavy (non-hydrogen) atoms. The Balaban J connectivity index is 1.32. The van der Waals surface area contributed by atoms with Gasteiger partial charge in [-0.1, -0.05) is 54.9 Å². The molecular formula is C33H40N4O5S. The van der Waals surface area contributed by atoms with E-state index in [1.165, 1.54) is 6.42 Å². The van der Waals surface area contributed by atoms with Crippen molar-refractivity contribution in [1.82, 2.24) is 10.1 Å². The first-order valence-electron chi connectivity index (χ1n) is 15.3. The smallest absolute Gasteiger partial charge is 0.263 e. The average Bonchev–Trinajstić information content (AvgIpc) is 3.40. The van der Waals surface area contributed by atoms with Crippen LogP contribution in [0.15, 0.2) is 56.9 Å². The van der Waals surface area contributed by atoms with Crippen LogP contribution >= 0.6 is 0 Å². The molecular weight excluding hydrogens is 564 g/mol. The highest BCUT2D eigenvalue weighted by atomic mass is 32.2. The van der Waals surface area contributed by atoms with Crippen molar-refractivity contribution >= 4 is 27.6 Å². The lowest BCUT2D eigenvalue weighted by atomic mass is 9.93. The number of fused-ring (bicyclic) bond motifs is 1. The number of carbonyl (C=O) groups is 1. The number of hydrogen-bond donors (Lipinski definition) is 1. The van der Waals surface area contributed by atoms with Crippen LogP contribution in [0.2, 0.25) is 0 Å². The summed E-state index contributed by atoms with van der Waals surface area (Å²) in [6.07, 6.45) is 5.83. The van der Waals surface area contributed by atoms with Crippen LogP contribution in [0, 0.1) is 25.7 Å². The van der Waals surface area contributed by atoms with Crippen LogP contribution in [-0.2, 0) is 32.7 Å². The number of anilines is 1. The van der Waals surface area contributed by atoms with Crippen molar-refractivity contribution in [3.63, 3.8) is 0 Å². The molecule has 1 N–H and O–H groups in total. The number of ether oxygens (including phenoxy) is 1. The number of hydrogen-bond acceptors (Lipinski definition) is 7. The molecule has 1 aromatic heterocycles. The van der Waals surface area contributed by atoms with Crippen LogP contribution in [0.3, 0.4) is 0 Å². The number of sulfonamides is 1. The van der Waals surface area contributed by atoms with Gasteiger partial charge in [0.05, 0.1) is 18.0 Å². The number of benzene rings is 2. The van der Waals surface area contributed by atoms with E-state index >= 15 is 0 Å². The summed E-state index contributed by atoms with van der Waals surface area (Å²) in [5.74, 6) is 3.08. The highest BCUT2D eigenvalue weighted by Crippen LogP contribution is 2.59. The molecule has 228 valence electrons. The average molecular weight is 605 g/mol. The maximum atomic E-state index is 13.9. The van der Waals surface area contributed by atoms with Gasteiger partial charge in [-0.3, -0.25) is 19.4 Å². The molecule has 3 aliphatic rings. The lowest BCUT2D eigenvalue weighted by molar-refractivity contribution is -0.131. The Morgan fingerprint density at radius 3 is 2.56 bits per heavy atom. The predicted molar refractivity (Wildman–Crippen MR) is 165 cm³/mol. The van der Waals surface area contributed by atoms with Crippen molar-refractivity contribution in [3.05, 3.63) is 64.9 Å². The van der Waals surface area contributed by atoms with E-state index < -0.39 is 15.6 Å². The number of amides is 1. The van der Waals surface area contributed by atoms with Crippen molar-refractivity contribution in [3.8, 4) is 11.1 Å². The van der Waals surface area contributed by atoms with Crippen molar-refractivity contribution in [2.75, 3.05) is 11.3 Å². The Bertz CT molecular complexity index is 1670. The molecule has 2 saturated carbocycles. The second-order valence-corrected chi connectivity index (χ2v) is 13.8. The van der Waals surface area contributed by atoms with E-state index in [1.807, 2.05) is 36.1 Å². The van der Waals surface area contributed by atoms with E-state index in [4.69, 9.17) is 14.3 Å². The minimum absolute atomic E-state index is 0.131. The van der Waals surface area contributed by atoms with E-state index in [-0.39, 0.29) is 16.6 Å². The molecule has 2 aromatic carbocycles. The number of carbonyl (C=O) groups excluding carboxylic acids is 1. The number of nitrogens with one attached hydrogen (secondary N) is 1. The molecule has 9 nitrogen and oxygen atoms in total. The van der Waals surface area contributed by atoms with Gasteiger partial charge in [-0.15, -0.1) is 0 Å². The lowest BCUT2D eigenvalue weighted by Crippen LogP contribution is -2.41. The van der Waals surface area contributed by atoms with E-state index in [0.29, 0.717) is 48.5 Å². The van der Waals surface area contributed by atoms with E-state index in [9.17, 15) is 13.2 Å². The van der Waals surface area contributed by atoms with Gasteiger partial charge < -0.3 is 9.26 Å². The number of unbranched alkanes of at least 4 members (excludes halogenated alkanes) is 1. The Morgan fingerprint density at radius 2 is 1.86 bits per heavy atom. The Labute approximate surface area is 253 Å². The van der Waals surface area contributed by atoms with E-state index in [1.54, 1.807) is 32.0 Å². The molecule has 0 radical (unpaired) electrons. The summed E-state index contributed by atoms with van der Waals surface area (Å²) in [7, 11) is -3.99. The third-order valence-corrected chi connectivity index (χ3v) is 10.5. The largest absolute Gasteiger partial charge is 0.377 e. The van der Waals surface area contributed by atoms with Crippen LogP contribution in [0.4, 0.5) is 5.82 Å². The van der Waals surface area contributed by atoms with Gasteiger partial charge in [-0.25, -0.2) is 8.42 Å². The fourth-order valence-corrected chi connectivity index (χ4v) is 7.86. The van der Waals surface area contributed by atoms with Crippen LogP contribution in [0.25, 0.3) is 11.1 Å². The maximum absolute atomic E-state index is 13.9. The van der Waals surface area contributed by atoms with Crippen molar-refractivity contribution in [1.29, 1.82) is 0 Å². The molecule has 0 bridgehead atoms. The fraction of sp³-hybridized carbons (Fsp3) is 0.485. The third kappa shape index (κ3) is 5.62. The molecule has 1 spiro atoms. The van der Waals surface area contributed by atoms with Crippen molar-refractivity contribution < 1.29 is 22.5 Å². The summed E-state index contributed by atoms with van der Waals surface area (Å²) in [4.78, 5) is 21.0. The Kier molecular flexibility index (Phi) is 7.93. The normalized spacial score (nSPS) is 22.7. The molecule has 2 fully saturated rings. The van der Waals surface area contributed by atoms with Gasteiger partial charge >= 0.3 is 0 Å². The van der Waals surface area contributed by atoms with Gasteiger partial charge in [0, 0.05) is 24.2 Å². The zero-order chi connectivity index (χ0) is 30.4. The zero-order valence-electron chi connectivity index (χ0n) is 25.4. The number of nitrogens with zero attached hydrogens (tertiary/aromatic N) is 3. The summed E-state index contributed by atoms with van der Waals surface area (Å²) in [5.41, 5.74) is 3.20. The second kappa shape index (κ2) is 11.5. The minimum Gasteiger partial charge on any atom is -0.377 e. The molecule has 2 aliphatic carbocycles. The summed E-state index contributed by atoms with van der Waals surface area (Å²) in [6.45, 7) is 8.83. The first-order valence-corrected chi connectivity index (χ1v) is 16.8. The first-order chi connectivity index (χ1) is 20.7. The number of rotatable bonds is 12. The molecule has 6 rings (SSSR count). The van der Waals surface area contributed by atoms with Gasteiger partial charge in [-0.2, -0.15) is 0 Å². The predicted octanol–water partition coefficient (Wildman–Crippen LogP) is 6.40. The number of aryl methyl sites for hydroxylation is 1. The second-order valence-electron chi connectivity index (χ2n) is 12.2. The van der Waals surface area contributed by atoms with Crippen LogP contribution in [0.5, 0.6) is 0 Å². The topological polar surface area (TPSA) is 114 Å². The SMILES string of the molecule is CCCCC1=NC2(CC3C[C@@H]3C2)C(=O)N1Cc1ccc(-c2ccccc2S(=O)(=O)Nc2noc(C)c2C)c(COCC)c1. The van der Waals surface area contributed by atoms with Crippen molar-refractivity contribution in [2.45, 2.75) is 89.8 Å². The van der Waals surface area contributed by atoms with E-state index in [2.05, 4.69) is 16.8 Å². The standard InChI is InChI=1S/C33H40N4O5S/c1-5-7-12-30-34-33(17-24-16-25(24)18-33)32(38)37(30)19-23-13-14-27(26(15-23)20-41-6-2)28-10-8-9-11-29(28)43(39,40)36-31-21(3)22(4)42-35-31/h8-11,13-15,24-25H,5-7,12,16-20H2,1-4H3,(H,35,36)/t24-,25?,33?/m1/s1. The monoisotopic (exact) mass is 604 g/mol. The van der Waals surface area contributed by atoms with Gasteiger partial charge in [-0.05, 0) is 81.0 Å². The molecule has 1 aliphatic heterocycles. The first kappa shape index (κ1) is 29.6. The summed E-state index contributed by atoms with van der Waals surface area (Å²) >= 11 is 0. The van der Waals surface area contributed by atoms with Crippen molar-refractivity contribution in [2.24, 2.45) is 16.8 Å². The molecule has 2 heterocycles. The zero-order valence-corrected chi connectivity index (χ0v) is 26.2. The van der Waals surface area contributed by atoms with Gasteiger partial charge in [0.25, 0.3) is 15.9 Å². The molecule has 0 saturated heterocycles. The van der Waals surface area contributed by atoms with E-state index in [0.717, 1.165) is 54.6 Å².